The van der Waals surface area contributed by atoms with Gasteiger partial charge < -0.3 is 30.8 Å². The van der Waals surface area contributed by atoms with Crippen molar-refractivity contribution < 1.29 is 36.4 Å². The summed E-state index contributed by atoms with van der Waals surface area (Å²) in [6.45, 7) is 14.0. The molecule has 0 spiro atoms. The van der Waals surface area contributed by atoms with Crippen LogP contribution in [0.15, 0.2) is 146 Å². The minimum absolute atomic E-state index is 0. The second-order valence-corrected chi connectivity index (χ2v) is 10.4. The van der Waals surface area contributed by atoms with Gasteiger partial charge in [-0.15, -0.1) is 24.0 Å². The van der Waals surface area contributed by atoms with E-state index in [1.807, 2.05) is 121 Å². The van der Waals surface area contributed by atoms with Gasteiger partial charge in [0, 0.05) is 27.8 Å². The molecule has 0 aliphatic heterocycles. The number of benzene rings is 4. The third-order valence-corrected chi connectivity index (χ3v) is 7.68. The molecule has 0 amide bonds. The Morgan fingerprint density at radius 1 is 0.844 bits per heavy atom. The van der Waals surface area contributed by atoms with Crippen LogP contribution in [0.2, 0.25) is 0 Å². The molecule has 1 heterocycles. The first-order chi connectivity index (χ1) is 20.3. The topological polar surface area (TPSA) is 66.5 Å². The summed E-state index contributed by atoms with van der Waals surface area (Å²) in [5, 5.41) is 22.7. The Morgan fingerprint density at radius 3 is 1.91 bits per heavy atom. The van der Waals surface area contributed by atoms with E-state index in [0.717, 1.165) is 38.3 Å². The number of nitrogen functional groups attached to an aromatic ring is 1. The average molecular weight is 710 g/mol. The zero-order valence-electron chi connectivity index (χ0n) is 25.9. The number of thiophene rings is 1. The molecule has 229 valence electrons. The van der Waals surface area contributed by atoms with Gasteiger partial charge >= 0.3 is 26.2 Å². The molecule has 45 heavy (non-hydrogen) atoms. The van der Waals surface area contributed by atoms with Crippen LogP contribution in [-0.2, 0) is 26.2 Å². The van der Waals surface area contributed by atoms with E-state index in [2.05, 4.69) is 25.8 Å². The van der Waals surface area contributed by atoms with Crippen LogP contribution in [0.4, 0.5) is 5.69 Å². The number of aromatic hydroxyl groups is 1. The van der Waals surface area contributed by atoms with Crippen molar-refractivity contribution in [3.8, 4) is 27.3 Å². The van der Waals surface area contributed by atoms with Crippen LogP contribution in [0.25, 0.3) is 32.0 Å². The molecule has 0 saturated heterocycles. The molecule has 3 nitrogen and oxygen atoms in total. The maximum absolute atomic E-state index is 10.4. The SMILES string of the molecule is C=C(/C(O)=C(\S)c1ccccc1C)c1ccccc1.Nc1ccccc1-c1scc(-c2ccccc2)c1O.[CH-]=CC=C.[CH3-].[CH3-].[Zr+3]. The van der Waals surface area contributed by atoms with Crippen molar-refractivity contribution in [1.29, 1.82) is 0 Å². The number of aliphatic hydroxyl groups excluding tert-OH is 1. The Bertz CT molecular complexity index is 1670. The van der Waals surface area contributed by atoms with Gasteiger partial charge in [-0.05, 0) is 35.2 Å². The first kappa shape index (κ1) is 41.2. The predicted octanol–water partition coefficient (Wildman–Crippen LogP) is 11.3. The van der Waals surface area contributed by atoms with Crippen molar-refractivity contribution in [2.45, 2.75) is 6.92 Å². The Kier molecular flexibility index (Phi) is 19.2. The molecular weight excluding hydrogens is 670 g/mol. The van der Waals surface area contributed by atoms with Gasteiger partial charge in [-0.2, -0.15) is 6.58 Å². The van der Waals surface area contributed by atoms with Gasteiger partial charge in [-0.3, -0.25) is 6.58 Å². The zero-order chi connectivity index (χ0) is 30.5. The van der Waals surface area contributed by atoms with Crippen molar-refractivity contribution in [2.24, 2.45) is 0 Å². The van der Waals surface area contributed by atoms with Gasteiger partial charge in [0.25, 0.3) is 0 Å². The summed E-state index contributed by atoms with van der Waals surface area (Å²) in [5.74, 6) is 0.415. The monoisotopic (exact) mass is 708 g/mol. The number of nitrogens with two attached hydrogens (primary N) is 1. The molecule has 6 heteroatoms. The molecule has 0 aliphatic carbocycles. The van der Waals surface area contributed by atoms with Crippen molar-refractivity contribution in [3.05, 3.63) is 184 Å². The molecule has 0 bridgehead atoms. The van der Waals surface area contributed by atoms with E-state index in [-0.39, 0.29) is 46.8 Å². The maximum Gasteiger partial charge on any atom is 3.00 e. The van der Waals surface area contributed by atoms with Gasteiger partial charge in [0.05, 0.1) is 9.78 Å². The fourth-order valence-electron chi connectivity index (χ4n) is 3.95. The van der Waals surface area contributed by atoms with E-state index < -0.39 is 0 Å². The third-order valence-electron chi connectivity index (χ3n) is 6.22. The molecule has 1 radical (unpaired) electrons. The molecule has 4 N–H and O–H groups in total. The number of hydrogen-bond acceptors (Lipinski definition) is 5. The number of para-hydroxylation sites is 1. The van der Waals surface area contributed by atoms with Crippen molar-refractivity contribution >= 4 is 40.1 Å². The Morgan fingerprint density at radius 2 is 1.36 bits per heavy atom. The normalized spacial score (nSPS) is 9.91. The van der Waals surface area contributed by atoms with Crippen LogP contribution in [0, 0.1) is 28.4 Å². The van der Waals surface area contributed by atoms with Gasteiger partial charge in [-0.25, -0.2) is 12.2 Å². The van der Waals surface area contributed by atoms with Crippen molar-refractivity contribution in [1.82, 2.24) is 0 Å². The number of aliphatic hydroxyl groups is 1. The van der Waals surface area contributed by atoms with E-state index in [4.69, 9.17) is 12.3 Å². The van der Waals surface area contributed by atoms with E-state index in [9.17, 15) is 10.2 Å². The number of allylic oxidation sites excluding steroid dienone is 3. The number of rotatable bonds is 6. The molecule has 0 fully saturated rings. The molecule has 0 unspecified atom stereocenters. The fraction of sp³-hybridized carbons (Fsp3) is 0.0256. The first-order valence-corrected chi connectivity index (χ1v) is 14.4. The molecular formula is C39H40NO2S2Zr. The van der Waals surface area contributed by atoms with E-state index in [1.165, 1.54) is 23.5 Å². The molecule has 1 aromatic heterocycles. The second kappa shape index (κ2) is 21.0. The fourth-order valence-corrected chi connectivity index (χ4v) is 5.36. The predicted molar refractivity (Wildman–Crippen MR) is 198 cm³/mol. The first-order valence-electron chi connectivity index (χ1n) is 13.1. The standard InChI is InChI=1S/C17H16OS.C16H13NOS.C4H5.2CH3.Zr/c1-12-8-6-7-11-15(12)17(19)16(18)13(2)14-9-4-3-5-10-14;17-14-9-5-4-8-12(14)16-15(18)13(10-19-16)11-6-2-1-3-7-11;1-3-4-2;;;/h3-11,18-19H,2H2,1H3;1-10,18H,17H2;1,3-4H,2H2;2*1H3;/q;;3*-1;+3/b17-16+;;;;;. The summed E-state index contributed by atoms with van der Waals surface area (Å²) in [4.78, 5) is 1.36. The minimum Gasteiger partial charge on any atom is -0.506 e. The van der Waals surface area contributed by atoms with Gasteiger partial charge in [0.15, 0.2) is 0 Å². The third kappa shape index (κ3) is 11.2. The molecule has 5 aromatic rings. The molecule has 0 saturated carbocycles. The maximum atomic E-state index is 10.4. The summed E-state index contributed by atoms with van der Waals surface area (Å²) in [6, 6.07) is 34.8. The minimum atomic E-state index is 0. The summed E-state index contributed by atoms with van der Waals surface area (Å²) in [7, 11) is 0. The largest absolute Gasteiger partial charge is 3.00 e. The van der Waals surface area contributed by atoms with E-state index >= 15 is 0 Å². The van der Waals surface area contributed by atoms with Gasteiger partial charge in [0.2, 0.25) is 0 Å². The number of hydrogen-bond donors (Lipinski definition) is 4. The van der Waals surface area contributed by atoms with Gasteiger partial charge in [0.1, 0.15) is 11.5 Å². The van der Waals surface area contributed by atoms with Crippen LogP contribution < -0.4 is 5.73 Å². The van der Waals surface area contributed by atoms with Crippen LogP contribution in [-0.4, -0.2) is 10.2 Å². The number of thiol groups is 1. The van der Waals surface area contributed by atoms with Crippen molar-refractivity contribution in [3.63, 3.8) is 0 Å². The summed E-state index contributed by atoms with van der Waals surface area (Å²) in [5.41, 5.74) is 12.8. The van der Waals surface area contributed by atoms with Crippen LogP contribution in [0.1, 0.15) is 16.7 Å². The summed E-state index contributed by atoms with van der Waals surface area (Å²) < 4.78 is 0. The van der Waals surface area contributed by atoms with E-state index in [0.29, 0.717) is 21.9 Å². The smallest absolute Gasteiger partial charge is 0.506 e. The Hall–Kier alpha value is -3.83. The number of anilines is 1. The van der Waals surface area contributed by atoms with Gasteiger partial charge in [-0.1, -0.05) is 110 Å². The average Bonchev–Trinajstić information content (AvgIpc) is 3.42. The van der Waals surface area contributed by atoms with Crippen LogP contribution in [0.3, 0.4) is 0 Å². The Balaban J connectivity index is 0.000000726. The van der Waals surface area contributed by atoms with Crippen molar-refractivity contribution in [2.75, 3.05) is 5.73 Å². The van der Waals surface area contributed by atoms with Crippen LogP contribution >= 0.6 is 24.0 Å². The number of aryl methyl sites for hydroxylation is 1. The molecule has 4 aromatic carbocycles. The van der Waals surface area contributed by atoms with Crippen LogP contribution in [0.5, 0.6) is 5.75 Å². The van der Waals surface area contributed by atoms with E-state index in [1.54, 1.807) is 0 Å². The summed E-state index contributed by atoms with van der Waals surface area (Å²) >= 11 is 5.95. The quantitative estimate of drug-likeness (QED) is 0.0466. The molecule has 0 atom stereocenters. The molecule has 0 aliphatic rings. The second-order valence-electron chi connectivity index (χ2n) is 9.07. The molecule has 5 rings (SSSR count). The summed E-state index contributed by atoms with van der Waals surface area (Å²) in [6.07, 6.45) is 2.92. The zero-order valence-corrected chi connectivity index (χ0v) is 30.1. The Labute approximate surface area is 298 Å².